The van der Waals surface area contributed by atoms with Gasteiger partial charge in [-0.25, -0.2) is 0 Å². The minimum Gasteiger partial charge on any atom is -0.456 e. The van der Waals surface area contributed by atoms with E-state index in [4.69, 9.17) is 4.42 Å². The van der Waals surface area contributed by atoms with Crippen molar-refractivity contribution < 1.29 is 4.42 Å². The molecule has 0 amide bonds. The SMILES string of the molecule is c1ccc(-c2ccc(N(c3ccc4c(c3)sc3ccccc34)c3cc4c(cc3-c3ccc5c(c3)oc3ccccc35)c3ccccc3n4-c3ccccc3)cc2)cc1. The summed E-state index contributed by atoms with van der Waals surface area (Å²) >= 11 is 1.85. The Hall–Kier alpha value is -7.40. The number of aromatic nitrogens is 1. The molecular weight excluding hydrogens is 725 g/mol. The predicted octanol–water partition coefficient (Wildman–Crippen LogP) is 15.9. The van der Waals surface area contributed by atoms with E-state index in [0.29, 0.717) is 0 Å². The van der Waals surface area contributed by atoms with Gasteiger partial charge in [0.1, 0.15) is 11.2 Å². The molecule has 0 aliphatic rings. The number of benzene rings is 9. The fourth-order valence-electron chi connectivity index (χ4n) is 8.88. The average Bonchev–Trinajstić information content (AvgIpc) is 3.96. The maximum atomic E-state index is 6.52. The Bertz CT molecular complexity index is 3500. The second-order valence-corrected chi connectivity index (χ2v) is 16.0. The van der Waals surface area contributed by atoms with Crippen molar-refractivity contribution in [2.45, 2.75) is 0 Å². The number of nitrogens with zero attached hydrogens (tertiary/aromatic N) is 2. The summed E-state index contributed by atoms with van der Waals surface area (Å²) in [5.74, 6) is 0. The Balaban J connectivity index is 1.17. The molecule has 12 aromatic rings. The van der Waals surface area contributed by atoms with Gasteiger partial charge in [-0.15, -0.1) is 11.3 Å². The summed E-state index contributed by atoms with van der Waals surface area (Å²) in [5, 5.41) is 7.22. The molecular formula is C54H34N2OS. The van der Waals surface area contributed by atoms with Crippen molar-refractivity contribution in [2.24, 2.45) is 0 Å². The molecule has 3 nitrogen and oxygen atoms in total. The highest BCUT2D eigenvalue weighted by molar-refractivity contribution is 7.25. The first-order valence-corrected chi connectivity index (χ1v) is 20.5. The predicted molar refractivity (Wildman–Crippen MR) is 247 cm³/mol. The van der Waals surface area contributed by atoms with E-state index < -0.39 is 0 Å². The number of hydrogen-bond acceptors (Lipinski definition) is 3. The van der Waals surface area contributed by atoms with Gasteiger partial charge < -0.3 is 13.9 Å². The monoisotopic (exact) mass is 758 g/mol. The molecule has 0 N–H and O–H groups in total. The first kappa shape index (κ1) is 32.8. The van der Waals surface area contributed by atoms with Crippen LogP contribution in [-0.4, -0.2) is 4.57 Å². The highest BCUT2D eigenvalue weighted by atomic mass is 32.1. The summed E-state index contributed by atoms with van der Waals surface area (Å²) in [6.45, 7) is 0. The molecule has 0 saturated heterocycles. The summed E-state index contributed by atoms with van der Waals surface area (Å²) < 4.78 is 11.5. The van der Waals surface area contributed by atoms with E-state index in [1.165, 1.54) is 47.6 Å². The minimum absolute atomic E-state index is 0.877. The fraction of sp³-hybridized carbons (Fsp3) is 0. The van der Waals surface area contributed by atoms with Crippen LogP contribution < -0.4 is 4.90 Å². The molecule has 0 aliphatic heterocycles. The molecule has 0 fully saturated rings. The van der Waals surface area contributed by atoms with Gasteiger partial charge in [-0.2, -0.15) is 0 Å². The number of hydrogen-bond donors (Lipinski definition) is 0. The quantitative estimate of drug-likeness (QED) is 0.168. The van der Waals surface area contributed by atoms with Crippen LogP contribution in [0.2, 0.25) is 0 Å². The van der Waals surface area contributed by atoms with E-state index in [1.807, 2.05) is 17.4 Å². The van der Waals surface area contributed by atoms with Crippen molar-refractivity contribution >= 4 is 92.3 Å². The van der Waals surface area contributed by atoms with Crippen LogP contribution in [0.15, 0.2) is 211 Å². The van der Waals surface area contributed by atoms with Crippen LogP contribution in [0.1, 0.15) is 0 Å². The minimum atomic E-state index is 0.877. The molecule has 0 bridgehead atoms. The van der Waals surface area contributed by atoms with E-state index >= 15 is 0 Å². The summed E-state index contributed by atoms with van der Waals surface area (Å²) in [6.07, 6.45) is 0. The molecule has 272 valence electrons. The third-order valence-corrected chi connectivity index (χ3v) is 12.7. The summed E-state index contributed by atoms with van der Waals surface area (Å²) in [4.78, 5) is 2.45. The number of para-hydroxylation sites is 3. The first-order valence-electron chi connectivity index (χ1n) is 19.7. The molecule has 58 heavy (non-hydrogen) atoms. The van der Waals surface area contributed by atoms with Crippen molar-refractivity contribution in [3.05, 3.63) is 206 Å². The molecule has 0 aliphatic carbocycles. The Morgan fingerprint density at radius 2 is 1.00 bits per heavy atom. The Morgan fingerprint density at radius 3 is 1.84 bits per heavy atom. The number of thiophene rings is 1. The maximum Gasteiger partial charge on any atom is 0.136 e. The molecule has 3 aromatic heterocycles. The third-order valence-electron chi connectivity index (χ3n) is 11.6. The molecule has 0 saturated carbocycles. The highest BCUT2D eigenvalue weighted by Gasteiger charge is 2.23. The van der Waals surface area contributed by atoms with Crippen LogP contribution in [0.25, 0.3) is 91.9 Å². The van der Waals surface area contributed by atoms with Crippen molar-refractivity contribution in [2.75, 3.05) is 4.90 Å². The lowest BCUT2D eigenvalue weighted by Gasteiger charge is -2.28. The lowest BCUT2D eigenvalue weighted by Crippen LogP contribution is -2.11. The zero-order valence-corrected chi connectivity index (χ0v) is 32.2. The average molecular weight is 759 g/mol. The van der Waals surface area contributed by atoms with E-state index in [1.54, 1.807) is 0 Å². The van der Waals surface area contributed by atoms with Crippen LogP contribution in [0.5, 0.6) is 0 Å². The fourth-order valence-corrected chi connectivity index (χ4v) is 10.0. The molecule has 3 heterocycles. The van der Waals surface area contributed by atoms with Crippen LogP contribution >= 0.6 is 11.3 Å². The van der Waals surface area contributed by atoms with Gasteiger partial charge in [-0.1, -0.05) is 127 Å². The maximum absolute atomic E-state index is 6.52. The van der Waals surface area contributed by atoms with E-state index in [9.17, 15) is 0 Å². The lowest BCUT2D eigenvalue weighted by molar-refractivity contribution is 0.669. The van der Waals surface area contributed by atoms with Crippen molar-refractivity contribution in [3.63, 3.8) is 0 Å². The third kappa shape index (κ3) is 5.19. The van der Waals surface area contributed by atoms with Crippen molar-refractivity contribution in [3.8, 4) is 27.9 Å². The molecule has 12 rings (SSSR count). The molecule has 0 unspecified atom stereocenters. The van der Waals surface area contributed by atoms with Gasteiger partial charge in [0.25, 0.3) is 0 Å². The smallest absolute Gasteiger partial charge is 0.136 e. The van der Waals surface area contributed by atoms with Gasteiger partial charge in [0, 0.05) is 64.3 Å². The number of fused-ring (bicyclic) bond motifs is 9. The molecule has 0 spiro atoms. The number of anilines is 3. The second-order valence-electron chi connectivity index (χ2n) is 14.9. The van der Waals surface area contributed by atoms with Crippen molar-refractivity contribution in [1.82, 2.24) is 4.57 Å². The summed E-state index contributed by atoms with van der Waals surface area (Å²) in [7, 11) is 0. The van der Waals surface area contributed by atoms with Gasteiger partial charge >= 0.3 is 0 Å². The van der Waals surface area contributed by atoms with Gasteiger partial charge in [0.15, 0.2) is 0 Å². The van der Waals surface area contributed by atoms with Gasteiger partial charge in [0.2, 0.25) is 0 Å². The largest absolute Gasteiger partial charge is 0.456 e. The normalized spacial score (nSPS) is 11.8. The second kappa shape index (κ2) is 13.1. The number of furan rings is 1. The lowest BCUT2D eigenvalue weighted by atomic mass is 9.97. The zero-order chi connectivity index (χ0) is 38.2. The molecule has 0 atom stereocenters. The van der Waals surface area contributed by atoms with E-state index in [2.05, 4.69) is 210 Å². The molecule has 4 heteroatoms. The Morgan fingerprint density at radius 1 is 0.379 bits per heavy atom. The molecule has 9 aromatic carbocycles. The van der Waals surface area contributed by atoms with Gasteiger partial charge in [0.05, 0.1) is 16.7 Å². The van der Waals surface area contributed by atoms with Crippen LogP contribution in [0.4, 0.5) is 17.1 Å². The Labute approximate surface area is 338 Å². The van der Waals surface area contributed by atoms with Crippen LogP contribution in [0, 0.1) is 0 Å². The van der Waals surface area contributed by atoms with E-state index in [-0.39, 0.29) is 0 Å². The van der Waals surface area contributed by atoms with Gasteiger partial charge in [-0.05, 0) is 95.6 Å². The summed E-state index contributed by atoms with van der Waals surface area (Å²) in [5.41, 5.74) is 13.1. The van der Waals surface area contributed by atoms with Gasteiger partial charge in [-0.3, -0.25) is 0 Å². The van der Waals surface area contributed by atoms with Crippen LogP contribution in [0.3, 0.4) is 0 Å². The van der Waals surface area contributed by atoms with Crippen LogP contribution in [-0.2, 0) is 0 Å². The number of rotatable bonds is 6. The topological polar surface area (TPSA) is 21.3 Å². The Kier molecular flexibility index (Phi) is 7.40. The summed E-state index contributed by atoms with van der Waals surface area (Å²) in [6, 6.07) is 74.6. The standard InChI is InChI=1S/C54H34N2OS/c1-3-13-35(14-4-1)36-23-26-39(27-24-36)55(40-28-30-45-44-19-9-12-22-53(44)58-54(45)32-40)49-34-50-47(41-17-7-10-20-48(41)56(50)38-15-5-2-6-16-38)33-46(49)37-25-29-43-42-18-8-11-21-51(42)57-52(43)31-37/h1-34H. The zero-order valence-electron chi connectivity index (χ0n) is 31.3. The molecule has 0 radical (unpaired) electrons. The first-order chi connectivity index (χ1) is 28.7. The van der Waals surface area contributed by atoms with E-state index in [0.717, 1.165) is 61.3 Å². The van der Waals surface area contributed by atoms with Crippen molar-refractivity contribution in [1.29, 1.82) is 0 Å². The highest BCUT2D eigenvalue weighted by Crippen LogP contribution is 2.48.